The molecule has 0 bridgehead atoms. The molecule has 0 radical (unpaired) electrons. The molecule has 0 aromatic rings. The molecule has 1 N–H and O–H groups in total. The fraction of sp³-hybridized carbons (Fsp3) is 1.00. The van der Waals surface area contributed by atoms with Gasteiger partial charge < -0.3 is 10.2 Å². The van der Waals surface area contributed by atoms with Crippen molar-refractivity contribution >= 4 is 0 Å². The molecule has 1 fully saturated rings. The van der Waals surface area contributed by atoms with Gasteiger partial charge in [-0.1, -0.05) is 33.6 Å². The maximum atomic E-state index is 3.50. The molecule has 0 amide bonds. The van der Waals surface area contributed by atoms with Crippen molar-refractivity contribution in [2.75, 3.05) is 26.2 Å². The van der Waals surface area contributed by atoms with E-state index >= 15 is 0 Å². The number of hydrogen-bond acceptors (Lipinski definition) is 2. The number of unbranched alkanes of at least 4 members (excludes halogenated alkanes) is 1. The normalized spacial score (nSPS) is 22.3. The van der Waals surface area contributed by atoms with Crippen molar-refractivity contribution in [3.05, 3.63) is 0 Å². The third-order valence-corrected chi connectivity index (χ3v) is 4.09. The van der Waals surface area contributed by atoms with Crippen LogP contribution in [0.3, 0.4) is 0 Å². The Morgan fingerprint density at radius 1 is 1.17 bits per heavy atom. The lowest BCUT2D eigenvalue weighted by Gasteiger charge is -2.20. The van der Waals surface area contributed by atoms with Gasteiger partial charge in [0, 0.05) is 6.04 Å². The van der Waals surface area contributed by atoms with E-state index in [1.54, 1.807) is 0 Å². The Morgan fingerprint density at radius 2 is 2.00 bits per heavy atom. The van der Waals surface area contributed by atoms with Crippen LogP contribution in [0.25, 0.3) is 0 Å². The van der Waals surface area contributed by atoms with Crippen molar-refractivity contribution in [1.29, 1.82) is 0 Å². The molecule has 0 aromatic carbocycles. The predicted octanol–water partition coefficient (Wildman–Crippen LogP) is 3.67. The highest BCUT2D eigenvalue weighted by Crippen LogP contribution is 2.21. The standard InChI is InChI=1S/C16H34N2/c1-4-8-16-9-7-13-18(14-10-16)12-6-5-11-17-15(2)3/h15-17H,4-14H2,1-3H3. The lowest BCUT2D eigenvalue weighted by Crippen LogP contribution is -2.28. The third kappa shape index (κ3) is 7.38. The van der Waals surface area contributed by atoms with E-state index in [0.717, 1.165) is 5.92 Å². The van der Waals surface area contributed by atoms with E-state index in [4.69, 9.17) is 0 Å². The van der Waals surface area contributed by atoms with Crippen molar-refractivity contribution in [2.45, 2.75) is 71.8 Å². The summed E-state index contributed by atoms with van der Waals surface area (Å²) in [5.74, 6) is 1.02. The fourth-order valence-electron chi connectivity index (χ4n) is 3.00. The molecule has 1 aliphatic rings. The Bertz CT molecular complexity index is 192. The molecular formula is C16H34N2. The maximum absolute atomic E-state index is 3.50. The monoisotopic (exact) mass is 254 g/mol. The molecule has 1 heterocycles. The van der Waals surface area contributed by atoms with Crippen molar-refractivity contribution in [3.8, 4) is 0 Å². The van der Waals surface area contributed by atoms with E-state index in [0.29, 0.717) is 6.04 Å². The van der Waals surface area contributed by atoms with E-state index in [1.807, 2.05) is 0 Å². The van der Waals surface area contributed by atoms with Gasteiger partial charge in [-0.3, -0.25) is 0 Å². The van der Waals surface area contributed by atoms with Crippen LogP contribution in [0.2, 0.25) is 0 Å². The lowest BCUT2D eigenvalue weighted by molar-refractivity contribution is 0.272. The zero-order chi connectivity index (χ0) is 13.2. The molecule has 0 aliphatic carbocycles. The van der Waals surface area contributed by atoms with E-state index in [9.17, 15) is 0 Å². The van der Waals surface area contributed by atoms with Gasteiger partial charge in [-0.2, -0.15) is 0 Å². The van der Waals surface area contributed by atoms with E-state index in [1.165, 1.54) is 71.1 Å². The van der Waals surface area contributed by atoms with Gasteiger partial charge in [-0.05, 0) is 64.2 Å². The molecule has 0 aromatic heterocycles. The second kappa shape index (κ2) is 9.80. The first-order chi connectivity index (χ1) is 8.72. The van der Waals surface area contributed by atoms with Crippen LogP contribution in [0.5, 0.6) is 0 Å². The van der Waals surface area contributed by atoms with Crippen LogP contribution in [0, 0.1) is 5.92 Å². The van der Waals surface area contributed by atoms with Gasteiger partial charge in [0.25, 0.3) is 0 Å². The van der Waals surface area contributed by atoms with Crippen LogP contribution < -0.4 is 5.32 Å². The lowest BCUT2D eigenvalue weighted by atomic mass is 9.96. The number of nitrogens with zero attached hydrogens (tertiary/aromatic N) is 1. The Kier molecular flexibility index (Phi) is 8.70. The zero-order valence-corrected chi connectivity index (χ0v) is 12.9. The van der Waals surface area contributed by atoms with Crippen LogP contribution in [-0.2, 0) is 0 Å². The summed E-state index contributed by atoms with van der Waals surface area (Å²) in [4.78, 5) is 2.70. The first-order valence-corrected chi connectivity index (χ1v) is 8.18. The van der Waals surface area contributed by atoms with Crippen LogP contribution in [0.4, 0.5) is 0 Å². The molecular weight excluding hydrogens is 220 g/mol. The molecule has 2 heteroatoms. The smallest absolute Gasteiger partial charge is 0.00103 e. The molecule has 108 valence electrons. The quantitative estimate of drug-likeness (QED) is 0.665. The van der Waals surface area contributed by atoms with Crippen LogP contribution in [0.1, 0.15) is 65.7 Å². The van der Waals surface area contributed by atoms with Gasteiger partial charge >= 0.3 is 0 Å². The second-order valence-corrected chi connectivity index (χ2v) is 6.24. The summed E-state index contributed by atoms with van der Waals surface area (Å²) in [5.41, 5.74) is 0. The van der Waals surface area contributed by atoms with Gasteiger partial charge in [0.2, 0.25) is 0 Å². The molecule has 1 unspecified atom stereocenters. The van der Waals surface area contributed by atoms with Gasteiger partial charge in [-0.15, -0.1) is 0 Å². The zero-order valence-electron chi connectivity index (χ0n) is 12.9. The second-order valence-electron chi connectivity index (χ2n) is 6.24. The maximum Gasteiger partial charge on any atom is 0.00103 e. The molecule has 1 atom stereocenters. The fourth-order valence-corrected chi connectivity index (χ4v) is 3.00. The number of likely N-dealkylation sites (tertiary alicyclic amines) is 1. The van der Waals surface area contributed by atoms with Crippen molar-refractivity contribution in [3.63, 3.8) is 0 Å². The van der Waals surface area contributed by atoms with Crippen LogP contribution in [0.15, 0.2) is 0 Å². The molecule has 1 rings (SSSR count). The van der Waals surface area contributed by atoms with E-state index in [-0.39, 0.29) is 0 Å². The highest BCUT2D eigenvalue weighted by molar-refractivity contribution is 4.70. The first-order valence-electron chi connectivity index (χ1n) is 8.18. The minimum Gasteiger partial charge on any atom is -0.315 e. The SMILES string of the molecule is CCCC1CCCN(CCCCNC(C)C)CC1. The number of rotatable bonds is 8. The highest BCUT2D eigenvalue weighted by atomic mass is 15.1. The average Bonchev–Trinajstić information content (AvgIpc) is 2.55. The minimum absolute atomic E-state index is 0.637. The summed E-state index contributed by atoms with van der Waals surface area (Å²) in [7, 11) is 0. The largest absolute Gasteiger partial charge is 0.315 e. The first kappa shape index (κ1) is 16.0. The van der Waals surface area contributed by atoms with E-state index < -0.39 is 0 Å². The summed E-state index contributed by atoms with van der Waals surface area (Å²) in [6.45, 7) is 12.0. The van der Waals surface area contributed by atoms with Gasteiger partial charge in [0.1, 0.15) is 0 Å². The Morgan fingerprint density at radius 3 is 2.72 bits per heavy atom. The van der Waals surface area contributed by atoms with Gasteiger partial charge in [0.15, 0.2) is 0 Å². The molecule has 2 nitrogen and oxygen atoms in total. The number of hydrogen-bond donors (Lipinski definition) is 1. The van der Waals surface area contributed by atoms with Gasteiger partial charge in [0.05, 0.1) is 0 Å². The molecule has 1 aliphatic heterocycles. The molecule has 1 saturated heterocycles. The Labute approximate surface area is 115 Å². The Hall–Kier alpha value is -0.0800. The van der Waals surface area contributed by atoms with Crippen molar-refractivity contribution in [1.82, 2.24) is 10.2 Å². The predicted molar refractivity (Wildman–Crippen MR) is 81.1 cm³/mol. The third-order valence-electron chi connectivity index (χ3n) is 4.09. The topological polar surface area (TPSA) is 15.3 Å². The molecule has 0 saturated carbocycles. The Balaban J connectivity index is 2.04. The summed E-state index contributed by atoms with van der Waals surface area (Å²) in [5, 5.41) is 3.50. The minimum atomic E-state index is 0.637. The summed E-state index contributed by atoms with van der Waals surface area (Å²) in [6, 6.07) is 0.637. The number of nitrogens with one attached hydrogen (secondary N) is 1. The van der Waals surface area contributed by atoms with Crippen molar-refractivity contribution < 1.29 is 0 Å². The van der Waals surface area contributed by atoms with Gasteiger partial charge in [-0.25, -0.2) is 0 Å². The average molecular weight is 254 g/mol. The molecule has 0 spiro atoms. The van der Waals surface area contributed by atoms with Crippen LogP contribution in [-0.4, -0.2) is 37.1 Å². The summed E-state index contributed by atoms with van der Waals surface area (Å²) >= 11 is 0. The summed E-state index contributed by atoms with van der Waals surface area (Å²) < 4.78 is 0. The van der Waals surface area contributed by atoms with Crippen molar-refractivity contribution in [2.24, 2.45) is 5.92 Å². The summed E-state index contributed by atoms with van der Waals surface area (Å²) in [6.07, 6.45) is 9.84. The van der Waals surface area contributed by atoms with Crippen LogP contribution >= 0.6 is 0 Å². The highest BCUT2D eigenvalue weighted by Gasteiger charge is 2.15. The molecule has 18 heavy (non-hydrogen) atoms. The van der Waals surface area contributed by atoms with E-state index in [2.05, 4.69) is 31.0 Å².